The molecule has 1 aromatic heterocycles. The van der Waals surface area contributed by atoms with Crippen molar-refractivity contribution in [2.75, 3.05) is 18.1 Å². The summed E-state index contributed by atoms with van der Waals surface area (Å²) >= 11 is 2.01. The van der Waals surface area contributed by atoms with E-state index in [0.717, 1.165) is 26.1 Å². The molecule has 3 nitrogen and oxygen atoms in total. The molecule has 0 amide bonds. The number of rotatable bonds is 9. The Morgan fingerprint density at radius 2 is 2.18 bits per heavy atom. The van der Waals surface area contributed by atoms with Crippen molar-refractivity contribution in [2.45, 2.75) is 46.7 Å². The van der Waals surface area contributed by atoms with Crippen LogP contribution in [0.4, 0.5) is 0 Å². The third-order valence-electron chi connectivity index (χ3n) is 2.73. The molecule has 0 saturated heterocycles. The molecule has 0 fully saturated rings. The molecule has 1 heterocycles. The quantitative estimate of drug-likeness (QED) is 0.688. The van der Waals surface area contributed by atoms with Gasteiger partial charge >= 0.3 is 0 Å². The Kier molecular flexibility index (Phi) is 7.37. The second-order valence-electron chi connectivity index (χ2n) is 4.02. The van der Waals surface area contributed by atoms with E-state index in [1.54, 1.807) is 0 Å². The molecule has 0 spiro atoms. The molecule has 0 atom stereocenters. The van der Waals surface area contributed by atoms with Gasteiger partial charge in [-0.3, -0.25) is 4.68 Å². The van der Waals surface area contributed by atoms with E-state index in [1.165, 1.54) is 29.3 Å². The Morgan fingerprint density at radius 3 is 2.82 bits per heavy atom. The third kappa shape index (κ3) is 5.13. The fourth-order valence-corrected chi connectivity index (χ4v) is 2.40. The van der Waals surface area contributed by atoms with Gasteiger partial charge in [-0.1, -0.05) is 13.8 Å². The zero-order valence-electron chi connectivity index (χ0n) is 11.3. The minimum Gasteiger partial charge on any atom is -0.311 e. The van der Waals surface area contributed by atoms with Crippen LogP contribution in [0.2, 0.25) is 0 Å². The van der Waals surface area contributed by atoms with E-state index >= 15 is 0 Å². The zero-order valence-corrected chi connectivity index (χ0v) is 12.1. The first-order valence-corrected chi connectivity index (χ1v) is 7.81. The Bertz CT molecular complexity index is 310. The van der Waals surface area contributed by atoms with Crippen LogP contribution in [0.25, 0.3) is 0 Å². The molecular weight excluding hydrogens is 230 g/mol. The molecule has 0 radical (unpaired) electrons. The van der Waals surface area contributed by atoms with Crippen LogP contribution in [0.3, 0.4) is 0 Å². The van der Waals surface area contributed by atoms with Crippen molar-refractivity contribution in [1.29, 1.82) is 0 Å². The van der Waals surface area contributed by atoms with Crippen molar-refractivity contribution < 1.29 is 0 Å². The molecule has 0 aliphatic heterocycles. The smallest absolute Gasteiger partial charge is 0.0625 e. The second-order valence-corrected chi connectivity index (χ2v) is 5.42. The van der Waals surface area contributed by atoms with Crippen LogP contribution in [-0.2, 0) is 19.5 Å². The molecule has 1 N–H and O–H groups in total. The number of thioether (sulfide) groups is 1. The van der Waals surface area contributed by atoms with Crippen LogP contribution in [0.1, 0.15) is 38.6 Å². The molecular formula is C13H25N3S. The lowest BCUT2D eigenvalue weighted by molar-refractivity contribution is 0.576. The van der Waals surface area contributed by atoms with E-state index < -0.39 is 0 Å². The summed E-state index contributed by atoms with van der Waals surface area (Å²) in [6.07, 6.45) is 2.27. The van der Waals surface area contributed by atoms with Gasteiger partial charge in [0.1, 0.15) is 0 Å². The van der Waals surface area contributed by atoms with E-state index in [9.17, 15) is 0 Å². The minimum absolute atomic E-state index is 0.942. The number of nitrogens with one attached hydrogen (secondary N) is 1. The Balaban J connectivity index is 2.28. The lowest BCUT2D eigenvalue weighted by atomic mass is 10.3. The van der Waals surface area contributed by atoms with Crippen molar-refractivity contribution in [1.82, 2.24) is 15.1 Å². The highest BCUT2D eigenvalue weighted by atomic mass is 32.2. The maximum absolute atomic E-state index is 4.55. The molecule has 0 aliphatic rings. The van der Waals surface area contributed by atoms with Gasteiger partial charge in [0, 0.05) is 13.1 Å². The Labute approximate surface area is 109 Å². The molecule has 0 aliphatic carbocycles. The highest BCUT2D eigenvalue weighted by molar-refractivity contribution is 7.99. The first-order valence-electron chi connectivity index (χ1n) is 6.65. The molecule has 0 aromatic carbocycles. The lowest BCUT2D eigenvalue weighted by Crippen LogP contribution is -2.18. The first kappa shape index (κ1) is 14.6. The number of hydrogen-bond acceptors (Lipinski definition) is 3. The molecule has 98 valence electrons. The van der Waals surface area contributed by atoms with Gasteiger partial charge in [0.2, 0.25) is 0 Å². The average molecular weight is 255 g/mol. The van der Waals surface area contributed by atoms with Crippen LogP contribution in [-0.4, -0.2) is 27.8 Å². The molecule has 0 bridgehead atoms. The summed E-state index contributed by atoms with van der Waals surface area (Å²) in [4.78, 5) is 0. The van der Waals surface area contributed by atoms with Gasteiger partial charge in [-0.2, -0.15) is 16.9 Å². The van der Waals surface area contributed by atoms with Crippen LogP contribution in [0.5, 0.6) is 0 Å². The monoisotopic (exact) mass is 255 g/mol. The normalized spacial score (nSPS) is 11.0. The van der Waals surface area contributed by atoms with Crippen molar-refractivity contribution in [2.24, 2.45) is 0 Å². The highest BCUT2D eigenvalue weighted by Gasteiger charge is 2.04. The summed E-state index contributed by atoms with van der Waals surface area (Å²) in [6.45, 7) is 9.52. The maximum atomic E-state index is 4.55. The summed E-state index contributed by atoms with van der Waals surface area (Å²) in [5.74, 6) is 2.49. The molecule has 17 heavy (non-hydrogen) atoms. The van der Waals surface area contributed by atoms with Crippen LogP contribution < -0.4 is 5.32 Å². The molecule has 4 heteroatoms. The van der Waals surface area contributed by atoms with Crippen LogP contribution in [0.15, 0.2) is 6.07 Å². The predicted molar refractivity (Wildman–Crippen MR) is 76.6 cm³/mol. The topological polar surface area (TPSA) is 29.9 Å². The van der Waals surface area contributed by atoms with E-state index in [-0.39, 0.29) is 0 Å². The molecule has 1 rings (SSSR count). The van der Waals surface area contributed by atoms with Gasteiger partial charge in [-0.05, 0) is 43.9 Å². The summed E-state index contributed by atoms with van der Waals surface area (Å²) in [5.41, 5.74) is 2.51. The third-order valence-corrected chi connectivity index (χ3v) is 3.71. The SMILES string of the molecule is CCSCCCNCc1cc(CC)nn1CC. The van der Waals surface area contributed by atoms with Gasteiger partial charge in [-0.15, -0.1) is 0 Å². The van der Waals surface area contributed by atoms with Gasteiger partial charge in [-0.25, -0.2) is 0 Å². The fourth-order valence-electron chi connectivity index (χ4n) is 1.76. The summed E-state index contributed by atoms with van der Waals surface area (Å²) < 4.78 is 2.10. The molecule has 1 aromatic rings. The fraction of sp³-hybridized carbons (Fsp3) is 0.769. The first-order chi connectivity index (χ1) is 8.31. The summed E-state index contributed by atoms with van der Waals surface area (Å²) in [5, 5.41) is 8.05. The van der Waals surface area contributed by atoms with Gasteiger partial charge < -0.3 is 5.32 Å². The summed E-state index contributed by atoms with van der Waals surface area (Å²) in [7, 11) is 0. The lowest BCUT2D eigenvalue weighted by Gasteiger charge is -2.06. The Morgan fingerprint density at radius 1 is 1.35 bits per heavy atom. The predicted octanol–water partition coefficient (Wildman–Crippen LogP) is 2.70. The van der Waals surface area contributed by atoms with Gasteiger partial charge in [0.05, 0.1) is 11.4 Å². The standard InChI is InChI=1S/C13H25N3S/c1-4-12-10-13(16(5-2)15-12)11-14-8-7-9-17-6-3/h10,14H,4-9,11H2,1-3H3. The van der Waals surface area contributed by atoms with Crippen molar-refractivity contribution in [3.8, 4) is 0 Å². The Hall–Kier alpha value is -0.480. The molecule has 0 unspecified atom stereocenters. The van der Waals surface area contributed by atoms with Crippen LogP contribution in [0, 0.1) is 0 Å². The molecule has 0 saturated carbocycles. The maximum Gasteiger partial charge on any atom is 0.0625 e. The zero-order chi connectivity index (χ0) is 12.5. The number of aryl methyl sites for hydroxylation is 2. The van der Waals surface area contributed by atoms with E-state index in [4.69, 9.17) is 0 Å². The van der Waals surface area contributed by atoms with Crippen molar-refractivity contribution in [3.05, 3.63) is 17.5 Å². The van der Waals surface area contributed by atoms with E-state index in [1.807, 2.05) is 11.8 Å². The highest BCUT2D eigenvalue weighted by Crippen LogP contribution is 2.05. The second kappa shape index (κ2) is 8.59. The van der Waals surface area contributed by atoms with Crippen molar-refractivity contribution in [3.63, 3.8) is 0 Å². The number of nitrogens with zero attached hydrogens (tertiary/aromatic N) is 2. The average Bonchev–Trinajstić information content (AvgIpc) is 2.76. The van der Waals surface area contributed by atoms with Crippen molar-refractivity contribution >= 4 is 11.8 Å². The summed E-state index contributed by atoms with van der Waals surface area (Å²) in [6, 6.07) is 2.22. The van der Waals surface area contributed by atoms with Gasteiger partial charge in [0.15, 0.2) is 0 Å². The largest absolute Gasteiger partial charge is 0.311 e. The van der Waals surface area contributed by atoms with Crippen LogP contribution >= 0.6 is 11.8 Å². The minimum atomic E-state index is 0.942. The number of hydrogen-bond donors (Lipinski definition) is 1. The number of aromatic nitrogens is 2. The van der Waals surface area contributed by atoms with E-state index in [2.05, 4.69) is 41.9 Å². The van der Waals surface area contributed by atoms with E-state index in [0.29, 0.717) is 0 Å². The van der Waals surface area contributed by atoms with Gasteiger partial charge in [0.25, 0.3) is 0 Å².